The largest absolute Gasteiger partial charge is 0.491 e. The fraction of sp³-hybridized carbons (Fsp3) is 0.429. The number of aromatic nitrogens is 4. The van der Waals surface area contributed by atoms with Gasteiger partial charge >= 0.3 is 0 Å². The predicted octanol–water partition coefficient (Wildman–Crippen LogP) is 3.11. The zero-order chi connectivity index (χ0) is 21.8. The van der Waals surface area contributed by atoms with Gasteiger partial charge in [-0.15, -0.1) is 0 Å². The topological polar surface area (TPSA) is 81.9 Å². The number of hydrogen-bond acceptors (Lipinski definition) is 6. The molecule has 10 heteroatoms. The van der Waals surface area contributed by atoms with E-state index in [1.165, 1.54) is 12.4 Å². The summed E-state index contributed by atoms with van der Waals surface area (Å²) in [6.07, 6.45) is 0.0304. The molecule has 1 aromatic carbocycles. The van der Waals surface area contributed by atoms with Gasteiger partial charge in [-0.05, 0) is 43.2 Å². The van der Waals surface area contributed by atoms with Gasteiger partial charge in [0.1, 0.15) is 24.4 Å². The second-order valence-corrected chi connectivity index (χ2v) is 7.33. The molecule has 0 radical (unpaired) electrons. The van der Waals surface area contributed by atoms with Gasteiger partial charge in [-0.25, -0.2) is 13.8 Å². The van der Waals surface area contributed by atoms with Gasteiger partial charge in [-0.2, -0.15) is 14.6 Å². The molecule has 0 aliphatic carbocycles. The van der Waals surface area contributed by atoms with Crippen molar-refractivity contribution in [1.82, 2.24) is 24.5 Å². The van der Waals surface area contributed by atoms with E-state index in [1.54, 1.807) is 36.3 Å². The Morgan fingerprint density at radius 3 is 2.81 bits per heavy atom. The number of nitrogens with zero attached hydrogens (tertiary/aromatic N) is 5. The molecule has 0 spiro atoms. The third-order valence-electron chi connectivity index (χ3n) is 5.31. The summed E-state index contributed by atoms with van der Waals surface area (Å²) in [5.41, 5.74) is 0.814. The van der Waals surface area contributed by atoms with E-state index in [4.69, 9.17) is 9.47 Å². The number of hydrogen-bond donors (Lipinski definition) is 0. The molecule has 1 aliphatic heterocycles. The van der Waals surface area contributed by atoms with Crippen LogP contribution in [0.2, 0.25) is 0 Å². The van der Waals surface area contributed by atoms with Gasteiger partial charge in [0.25, 0.3) is 18.1 Å². The summed E-state index contributed by atoms with van der Waals surface area (Å²) in [6, 6.07) is 8.32. The fourth-order valence-corrected chi connectivity index (χ4v) is 3.74. The van der Waals surface area contributed by atoms with Crippen molar-refractivity contribution >= 4 is 11.7 Å². The molecule has 164 valence electrons. The van der Waals surface area contributed by atoms with Crippen LogP contribution in [-0.4, -0.2) is 63.8 Å². The average molecular weight is 431 g/mol. The summed E-state index contributed by atoms with van der Waals surface area (Å²) >= 11 is 0. The lowest BCUT2D eigenvalue weighted by Crippen LogP contribution is -2.39. The van der Waals surface area contributed by atoms with Crippen LogP contribution in [0.4, 0.5) is 8.78 Å². The van der Waals surface area contributed by atoms with E-state index in [9.17, 15) is 13.6 Å². The Bertz CT molecular complexity index is 1040. The van der Waals surface area contributed by atoms with Crippen molar-refractivity contribution in [3.8, 4) is 5.75 Å². The maximum Gasteiger partial charge on any atom is 0.280 e. The molecule has 0 saturated carbocycles. The van der Waals surface area contributed by atoms with E-state index in [0.29, 0.717) is 43.3 Å². The Balaban J connectivity index is 1.48. The lowest BCUT2D eigenvalue weighted by atomic mass is 9.93. The molecule has 3 aromatic rings. The molecule has 3 heterocycles. The van der Waals surface area contributed by atoms with Gasteiger partial charge in [0, 0.05) is 31.7 Å². The Hall–Kier alpha value is -3.14. The number of carbonyl (C=O) groups excluding carboxylic acids is 1. The Labute approximate surface area is 177 Å². The van der Waals surface area contributed by atoms with Crippen LogP contribution in [0, 0.1) is 0 Å². The van der Waals surface area contributed by atoms with E-state index in [1.807, 2.05) is 0 Å². The number of ether oxygens (including phenoxy) is 2. The van der Waals surface area contributed by atoms with E-state index < -0.39 is 6.43 Å². The number of carbonyl (C=O) groups is 1. The highest BCUT2D eigenvalue weighted by Gasteiger charge is 2.28. The van der Waals surface area contributed by atoms with Crippen LogP contribution in [0.5, 0.6) is 5.75 Å². The van der Waals surface area contributed by atoms with Crippen molar-refractivity contribution in [3.63, 3.8) is 0 Å². The number of rotatable bonds is 7. The maximum atomic E-state index is 13.5. The number of likely N-dealkylation sites (tertiary alicyclic amines) is 1. The van der Waals surface area contributed by atoms with Crippen molar-refractivity contribution < 1.29 is 23.0 Å². The molecule has 1 amide bonds. The monoisotopic (exact) mass is 431 g/mol. The summed E-state index contributed by atoms with van der Waals surface area (Å²) in [4.78, 5) is 23.1. The smallest absolute Gasteiger partial charge is 0.280 e. The van der Waals surface area contributed by atoms with Gasteiger partial charge in [0.2, 0.25) is 0 Å². The van der Waals surface area contributed by atoms with E-state index in [2.05, 4.69) is 15.1 Å². The minimum Gasteiger partial charge on any atom is -0.491 e. The summed E-state index contributed by atoms with van der Waals surface area (Å²) in [7, 11) is 1.60. The lowest BCUT2D eigenvalue weighted by Gasteiger charge is -2.32. The van der Waals surface area contributed by atoms with E-state index >= 15 is 0 Å². The zero-order valence-electron chi connectivity index (χ0n) is 17.1. The predicted molar refractivity (Wildman–Crippen MR) is 107 cm³/mol. The van der Waals surface area contributed by atoms with Crippen LogP contribution in [0.15, 0.2) is 36.7 Å². The number of amides is 1. The third kappa shape index (κ3) is 4.63. The molecule has 0 bridgehead atoms. The number of halogens is 2. The Kier molecular flexibility index (Phi) is 6.36. The summed E-state index contributed by atoms with van der Waals surface area (Å²) < 4.78 is 38.5. The van der Waals surface area contributed by atoms with Crippen LogP contribution in [-0.2, 0) is 4.74 Å². The SMILES string of the molecule is COCCOc1ccc(C(=O)N2CCC[C@H](c3cc(C(F)F)n4ncnc4n3)C2)cc1. The van der Waals surface area contributed by atoms with Crippen LogP contribution in [0.25, 0.3) is 5.78 Å². The Morgan fingerprint density at radius 1 is 1.26 bits per heavy atom. The number of piperidine rings is 1. The molecule has 8 nitrogen and oxygen atoms in total. The van der Waals surface area contributed by atoms with Crippen molar-refractivity contribution in [3.05, 3.63) is 53.6 Å². The maximum absolute atomic E-state index is 13.5. The van der Waals surface area contributed by atoms with Crippen LogP contribution in [0.3, 0.4) is 0 Å². The van der Waals surface area contributed by atoms with Crippen molar-refractivity contribution in [2.45, 2.75) is 25.2 Å². The number of benzene rings is 1. The number of alkyl halides is 2. The molecular weight excluding hydrogens is 408 g/mol. The van der Waals surface area contributed by atoms with Crippen LogP contribution < -0.4 is 4.74 Å². The first-order valence-corrected chi connectivity index (χ1v) is 10.1. The van der Waals surface area contributed by atoms with E-state index in [-0.39, 0.29) is 23.3 Å². The molecule has 2 aromatic heterocycles. The standard InChI is InChI=1S/C21H23F2N5O3/c1-30-9-10-31-16-6-4-14(5-7-16)20(29)27-8-2-3-15(12-27)17-11-18(19(22)23)28-21(26-17)24-13-25-28/h4-7,11,13,15,19H,2-3,8-10,12H2,1H3/t15-/m0/s1. The molecule has 1 aliphatic rings. The fourth-order valence-electron chi connectivity index (χ4n) is 3.74. The van der Waals surface area contributed by atoms with Gasteiger partial charge in [0.05, 0.1) is 12.3 Å². The molecule has 31 heavy (non-hydrogen) atoms. The quantitative estimate of drug-likeness (QED) is 0.535. The third-order valence-corrected chi connectivity index (χ3v) is 5.31. The minimum absolute atomic E-state index is 0.106. The second-order valence-electron chi connectivity index (χ2n) is 7.33. The van der Waals surface area contributed by atoms with Gasteiger partial charge in [-0.1, -0.05) is 0 Å². The van der Waals surface area contributed by atoms with Gasteiger partial charge in [0.15, 0.2) is 0 Å². The van der Waals surface area contributed by atoms with Crippen molar-refractivity contribution in [2.24, 2.45) is 0 Å². The van der Waals surface area contributed by atoms with Crippen LogP contribution >= 0.6 is 0 Å². The average Bonchev–Trinajstić information content (AvgIpc) is 3.27. The van der Waals surface area contributed by atoms with Gasteiger partial charge in [-0.3, -0.25) is 4.79 Å². The summed E-state index contributed by atoms with van der Waals surface area (Å²) in [6.45, 7) is 1.93. The highest BCUT2D eigenvalue weighted by atomic mass is 19.3. The normalized spacial score (nSPS) is 16.8. The summed E-state index contributed by atoms with van der Waals surface area (Å²) in [5.74, 6) is 0.551. The summed E-state index contributed by atoms with van der Waals surface area (Å²) in [5, 5.41) is 3.82. The first-order valence-electron chi connectivity index (χ1n) is 10.1. The lowest BCUT2D eigenvalue weighted by molar-refractivity contribution is 0.0705. The minimum atomic E-state index is -2.70. The molecular formula is C21H23F2N5O3. The first-order chi connectivity index (χ1) is 15.1. The Morgan fingerprint density at radius 2 is 2.06 bits per heavy atom. The molecule has 0 unspecified atom stereocenters. The number of methoxy groups -OCH3 is 1. The first kappa shape index (κ1) is 21.1. The molecule has 4 rings (SSSR count). The second kappa shape index (κ2) is 9.34. The van der Waals surface area contributed by atoms with Crippen LogP contribution in [0.1, 0.15) is 46.9 Å². The molecule has 1 saturated heterocycles. The van der Waals surface area contributed by atoms with Crippen molar-refractivity contribution in [1.29, 1.82) is 0 Å². The number of fused-ring (bicyclic) bond motifs is 1. The molecule has 1 fully saturated rings. The molecule has 1 atom stereocenters. The highest BCUT2D eigenvalue weighted by molar-refractivity contribution is 5.94. The highest BCUT2D eigenvalue weighted by Crippen LogP contribution is 2.29. The van der Waals surface area contributed by atoms with Gasteiger partial charge < -0.3 is 14.4 Å². The zero-order valence-corrected chi connectivity index (χ0v) is 17.1. The van der Waals surface area contributed by atoms with Crippen molar-refractivity contribution in [2.75, 3.05) is 33.4 Å². The van der Waals surface area contributed by atoms with E-state index in [0.717, 1.165) is 17.4 Å². The molecule has 0 N–H and O–H groups in total.